The maximum atomic E-state index is 11.4. The van der Waals surface area contributed by atoms with Gasteiger partial charge in [0, 0.05) is 5.02 Å². The molecular formula is C9H10ClN5O3S. The third kappa shape index (κ3) is 3.40. The molecule has 2 N–H and O–H groups in total. The number of nitrogens with zero attached hydrogens (tertiary/aromatic N) is 4. The van der Waals surface area contributed by atoms with Gasteiger partial charge in [0.2, 0.25) is 15.8 Å². The van der Waals surface area contributed by atoms with E-state index in [9.17, 15) is 8.42 Å². The zero-order valence-corrected chi connectivity index (χ0v) is 11.4. The van der Waals surface area contributed by atoms with Crippen LogP contribution >= 0.6 is 11.6 Å². The van der Waals surface area contributed by atoms with Crippen LogP contribution in [0, 0.1) is 0 Å². The molecular weight excluding hydrogens is 294 g/mol. The second kappa shape index (κ2) is 5.11. The largest absolute Gasteiger partial charge is 0.484 e. The van der Waals surface area contributed by atoms with Crippen molar-refractivity contribution >= 4 is 21.6 Å². The van der Waals surface area contributed by atoms with E-state index in [4.69, 9.17) is 21.5 Å². The zero-order chi connectivity index (χ0) is 14.0. The van der Waals surface area contributed by atoms with Crippen LogP contribution in [0.1, 0.15) is 5.82 Å². The first-order valence-electron chi connectivity index (χ1n) is 5.04. The van der Waals surface area contributed by atoms with Crippen LogP contribution in [0.3, 0.4) is 0 Å². The lowest BCUT2D eigenvalue weighted by Crippen LogP contribution is -2.14. The van der Waals surface area contributed by atoms with Crippen LogP contribution in [0.25, 0.3) is 0 Å². The lowest BCUT2D eigenvalue weighted by Gasteiger charge is -2.08. The van der Waals surface area contributed by atoms with Crippen LogP contribution in [0.2, 0.25) is 5.02 Å². The molecule has 0 aliphatic heterocycles. The third-order valence-electron chi connectivity index (χ3n) is 2.12. The highest BCUT2D eigenvalue weighted by Gasteiger charge is 2.16. The van der Waals surface area contributed by atoms with Gasteiger partial charge < -0.3 is 4.74 Å². The van der Waals surface area contributed by atoms with Crippen molar-refractivity contribution in [2.75, 3.05) is 0 Å². The van der Waals surface area contributed by atoms with Gasteiger partial charge in [-0.3, -0.25) is 0 Å². The molecule has 0 saturated heterocycles. The molecule has 0 saturated carbocycles. The van der Waals surface area contributed by atoms with E-state index in [0.29, 0.717) is 5.82 Å². The number of hydrogen-bond donors (Lipinski definition) is 1. The summed E-state index contributed by atoms with van der Waals surface area (Å²) in [4.78, 5) is 1.07. The first-order chi connectivity index (χ1) is 8.86. The van der Waals surface area contributed by atoms with Gasteiger partial charge in [0.25, 0.3) is 0 Å². The lowest BCUT2D eigenvalue weighted by atomic mass is 10.3. The molecule has 0 radical (unpaired) electrons. The van der Waals surface area contributed by atoms with Crippen LogP contribution in [0.15, 0.2) is 23.1 Å². The summed E-state index contributed by atoms with van der Waals surface area (Å²) in [5.41, 5.74) is 0. The number of rotatable bonds is 4. The summed E-state index contributed by atoms with van der Waals surface area (Å²) in [5.74, 6) is 0.400. The summed E-state index contributed by atoms with van der Waals surface area (Å²) in [7, 11) is -2.32. The van der Waals surface area contributed by atoms with E-state index in [2.05, 4.69) is 15.4 Å². The zero-order valence-electron chi connectivity index (χ0n) is 9.82. The van der Waals surface area contributed by atoms with Gasteiger partial charge in [-0.2, -0.15) is 4.80 Å². The molecule has 0 atom stereocenters. The van der Waals surface area contributed by atoms with Gasteiger partial charge in [-0.05, 0) is 23.4 Å². The Bertz CT molecular complexity index is 700. The number of aryl methyl sites for hydroxylation is 1. The monoisotopic (exact) mass is 303 g/mol. The average Bonchev–Trinajstić information content (AvgIpc) is 2.72. The van der Waals surface area contributed by atoms with E-state index in [1.165, 1.54) is 23.0 Å². The molecule has 8 nitrogen and oxygen atoms in total. The molecule has 0 fully saturated rings. The maximum Gasteiger partial charge on any atom is 0.241 e. The molecule has 0 unspecified atom stereocenters. The molecule has 2 rings (SSSR count). The first kappa shape index (κ1) is 13.7. The predicted octanol–water partition coefficient (Wildman–Crippen LogP) is 0.0899. The van der Waals surface area contributed by atoms with Crippen molar-refractivity contribution < 1.29 is 13.2 Å². The van der Waals surface area contributed by atoms with Gasteiger partial charge in [-0.25, -0.2) is 13.6 Å². The number of nitrogens with two attached hydrogens (primary N) is 1. The van der Waals surface area contributed by atoms with Gasteiger partial charge in [0.15, 0.2) is 6.61 Å². The van der Waals surface area contributed by atoms with Gasteiger partial charge >= 0.3 is 0 Å². The Hall–Kier alpha value is -1.71. The fourth-order valence-electron chi connectivity index (χ4n) is 1.35. The third-order valence-corrected chi connectivity index (χ3v) is 3.29. The SMILES string of the molecule is Cn1nnc(COc2ccc(Cl)cc2S(N)(=O)=O)n1. The van der Waals surface area contributed by atoms with Crippen molar-refractivity contribution in [3.63, 3.8) is 0 Å². The van der Waals surface area contributed by atoms with Crippen molar-refractivity contribution in [1.29, 1.82) is 0 Å². The molecule has 19 heavy (non-hydrogen) atoms. The van der Waals surface area contributed by atoms with Crippen molar-refractivity contribution in [2.45, 2.75) is 11.5 Å². The molecule has 0 amide bonds. The molecule has 1 aromatic heterocycles. The average molecular weight is 304 g/mol. The minimum absolute atomic E-state index is 0.0298. The Morgan fingerprint density at radius 3 is 2.79 bits per heavy atom. The minimum Gasteiger partial charge on any atom is -0.484 e. The summed E-state index contributed by atoms with van der Waals surface area (Å²) in [6.07, 6.45) is 0. The topological polar surface area (TPSA) is 113 Å². The van der Waals surface area contributed by atoms with Crippen LogP contribution in [-0.2, 0) is 23.7 Å². The predicted molar refractivity (Wildman–Crippen MR) is 66.0 cm³/mol. The quantitative estimate of drug-likeness (QED) is 0.856. The highest BCUT2D eigenvalue weighted by atomic mass is 35.5. The van der Waals surface area contributed by atoms with Crippen molar-refractivity contribution in [3.05, 3.63) is 29.0 Å². The van der Waals surface area contributed by atoms with Crippen molar-refractivity contribution in [2.24, 2.45) is 12.2 Å². The van der Waals surface area contributed by atoms with Crippen molar-refractivity contribution in [3.8, 4) is 5.75 Å². The number of ether oxygens (including phenoxy) is 1. The van der Waals surface area contributed by atoms with E-state index >= 15 is 0 Å². The summed E-state index contributed by atoms with van der Waals surface area (Å²) < 4.78 is 28.1. The van der Waals surface area contributed by atoms with Crippen molar-refractivity contribution in [1.82, 2.24) is 20.2 Å². The number of benzene rings is 1. The lowest BCUT2D eigenvalue weighted by molar-refractivity contribution is 0.287. The molecule has 10 heteroatoms. The molecule has 1 aromatic carbocycles. The van der Waals surface area contributed by atoms with E-state index in [1.54, 1.807) is 7.05 Å². The normalized spacial score (nSPS) is 11.5. The standard InChI is InChI=1S/C9H10ClN5O3S/c1-15-13-9(12-14-15)5-18-7-3-2-6(10)4-8(7)19(11,16)17/h2-4H,5H2,1H3,(H2,11,16,17). The summed E-state index contributed by atoms with van der Waals surface area (Å²) in [6.45, 7) is -0.0298. The van der Waals surface area contributed by atoms with E-state index in [1.807, 2.05) is 0 Å². The maximum absolute atomic E-state index is 11.4. The van der Waals surface area contributed by atoms with E-state index < -0.39 is 10.0 Å². The molecule has 102 valence electrons. The van der Waals surface area contributed by atoms with Gasteiger partial charge in [-0.1, -0.05) is 11.6 Å². The molecule has 0 aliphatic carbocycles. The number of sulfonamides is 1. The Kier molecular flexibility index (Phi) is 3.69. The molecule has 0 aliphatic rings. The first-order valence-corrected chi connectivity index (χ1v) is 6.97. The molecule has 1 heterocycles. The van der Waals surface area contributed by atoms with E-state index in [0.717, 1.165) is 0 Å². The Balaban J connectivity index is 2.25. The molecule has 2 aromatic rings. The molecule has 0 bridgehead atoms. The minimum atomic E-state index is -3.93. The fourth-order valence-corrected chi connectivity index (χ4v) is 2.28. The van der Waals surface area contributed by atoms with Gasteiger partial charge in [-0.15, -0.1) is 10.2 Å². The highest BCUT2D eigenvalue weighted by Crippen LogP contribution is 2.26. The van der Waals surface area contributed by atoms with Gasteiger partial charge in [0.1, 0.15) is 10.6 Å². The van der Waals surface area contributed by atoms with E-state index in [-0.39, 0.29) is 22.3 Å². The highest BCUT2D eigenvalue weighted by molar-refractivity contribution is 7.89. The summed E-state index contributed by atoms with van der Waals surface area (Å²) in [6, 6.07) is 4.13. The number of hydrogen-bond acceptors (Lipinski definition) is 6. The number of primary sulfonamides is 1. The van der Waals surface area contributed by atoms with Crippen LogP contribution in [-0.4, -0.2) is 28.6 Å². The molecule has 0 spiro atoms. The van der Waals surface area contributed by atoms with Crippen LogP contribution in [0.5, 0.6) is 5.75 Å². The Morgan fingerprint density at radius 2 is 2.21 bits per heavy atom. The van der Waals surface area contributed by atoms with Gasteiger partial charge in [0.05, 0.1) is 7.05 Å². The smallest absolute Gasteiger partial charge is 0.241 e. The number of halogens is 1. The number of aromatic nitrogens is 4. The second-order valence-corrected chi connectivity index (χ2v) is 5.59. The van der Waals surface area contributed by atoms with Crippen LogP contribution < -0.4 is 9.88 Å². The summed E-state index contributed by atoms with van der Waals surface area (Å²) in [5, 5.41) is 16.6. The number of tetrazole rings is 1. The van der Waals surface area contributed by atoms with Crippen LogP contribution in [0.4, 0.5) is 0 Å². The Labute approximate surface area is 114 Å². The fraction of sp³-hybridized carbons (Fsp3) is 0.222. The second-order valence-electron chi connectivity index (χ2n) is 3.62. The Morgan fingerprint density at radius 1 is 1.47 bits per heavy atom. The summed E-state index contributed by atoms with van der Waals surface area (Å²) >= 11 is 5.73.